The molecule has 0 spiro atoms. The molecule has 3 atom stereocenters. The number of nitro benzene ring substituents is 1. The monoisotopic (exact) mass is 438 g/mol. The standard InChI is InChI=1S/C19H22N2O8S/c1-18(2,3)29-16(23)8-13-19(25,20-14(22)9-15(20)30-13)17(24)28-10-11-4-6-12(7-5-11)21(26)27/h4-7,13,15,25H,8-10H2,1-3H3. The third kappa shape index (κ3) is 4.26. The highest BCUT2D eigenvalue weighted by molar-refractivity contribution is 8.01. The number of rotatable bonds is 6. The summed E-state index contributed by atoms with van der Waals surface area (Å²) in [5.74, 6) is -2.07. The highest BCUT2D eigenvalue weighted by atomic mass is 32.2. The molecule has 0 radical (unpaired) electrons. The lowest BCUT2D eigenvalue weighted by Crippen LogP contribution is -2.65. The second-order valence-corrected chi connectivity index (χ2v) is 9.45. The van der Waals surface area contributed by atoms with E-state index >= 15 is 0 Å². The first-order valence-corrected chi connectivity index (χ1v) is 10.2. The Hall–Kier alpha value is -2.66. The van der Waals surface area contributed by atoms with Crippen LogP contribution in [0.5, 0.6) is 0 Å². The summed E-state index contributed by atoms with van der Waals surface area (Å²) in [5, 5.41) is 20.5. The van der Waals surface area contributed by atoms with Crippen LogP contribution in [0.25, 0.3) is 0 Å². The molecule has 0 bridgehead atoms. The maximum Gasteiger partial charge on any atom is 0.361 e. The van der Waals surface area contributed by atoms with Gasteiger partial charge in [-0.25, -0.2) is 4.79 Å². The third-order valence-electron chi connectivity index (χ3n) is 4.63. The van der Waals surface area contributed by atoms with Gasteiger partial charge >= 0.3 is 11.9 Å². The van der Waals surface area contributed by atoms with Crippen molar-refractivity contribution < 1.29 is 33.9 Å². The molecule has 1 N–H and O–H groups in total. The molecule has 10 nitrogen and oxygen atoms in total. The summed E-state index contributed by atoms with van der Waals surface area (Å²) >= 11 is 1.16. The molecule has 1 aromatic rings. The number of nitrogens with zero attached hydrogens (tertiary/aromatic N) is 2. The second kappa shape index (κ2) is 7.88. The fourth-order valence-corrected chi connectivity index (χ4v) is 4.92. The number of esters is 2. The Kier molecular flexibility index (Phi) is 5.79. The van der Waals surface area contributed by atoms with E-state index in [9.17, 15) is 29.6 Å². The smallest absolute Gasteiger partial charge is 0.361 e. The van der Waals surface area contributed by atoms with Crippen molar-refractivity contribution in [3.8, 4) is 0 Å². The van der Waals surface area contributed by atoms with Gasteiger partial charge in [0.05, 0.1) is 28.4 Å². The van der Waals surface area contributed by atoms with Crippen LogP contribution in [0.2, 0.25) is 0 Å². The molecule has 30 heavy (non-hydrogen) atoms. The molecule has 2 fully saturated rings. The highest BCUT2D eigenvalue weighted by Gasteiger charge is 2.66. The summed E-state index contributed by atoms with van der Waals surface area (Å²) in [7, 11) is 0. The van der Waals surface area contributed by atoms with Crippen molar-refractivity contribution in [2.45, 2.75) is 62.2 Å². The molecule has 0 aliphatic carbocycles. The Morgan fingerprint density at radius 3 is 2.50 bits per heavy atom. The van der Waals surface area contributed by atoms with Crippen LogP contribution in [0.1, 0.15) is 39.2 Å². The highest BCUT2D eigenvalue weighted by Crippen LogP contribution is 2.51. The maximum absolute atomic E-state index is 12.8. The van der Waals surface area contributed by atoms with E-state index in [1.165, 1.54) is 24.3 Å². The first-order chi connectivity index (χ1) is 13.9. The third-order valence-corrected chi connectivity index (χ3v) is 6.15. The number of β-lactam (4-membered cyclic amide) rings is 1. The zero-order valence-electron chi connectivity index (χ0n) is 16.7. The van der Waals surface area contributed by atoms with Gasteiger partial charge in [-0.3, -0.25) is 24.6 Å². The van der Waals surface area contributed by atoms with E-state index in [2.05, 4.69) is 0 Å². The van der Waals surface area contributed by atoms with E-state index in [0.29, 0.717) is 5.56 Å². The predicted molar refractivity (Wildman–Crippen MR) is 105 cm³/mol. The van der Waals surface area contributed by atoms with Gasteiger partial charge in [0.2, 0.25) is 5.91 Å². The van der Waals surface area contributed by atoms with Gasteiger partial charge < -0.3 is 14.6 Å². The molecule has 3 rings (SSSR count). The van der Waals surface area contributed by atoms with Gasteiger partial charge in [-0.15, -0.1) is 11.8 Å². The molecule has 11 heteroatoms. The van der Waals surface area contributed by atoms with Crippen LogP contribution in [0.4, 0.5) is 5.69 Å². The molecule has 2 aliphatic heterocycles. The number of aliphatic hydroxyl groups is 1. The van der Waals surface area contributed by atoms with Crippen LogP contribution < -0.4 is 0 Å². The molecule has 2 heterocycles. The number of hydrogen-bond acceptors (Lipinski definition) is 9. The molecule has 2 aliphatic rings. The number of thioether (sulfide) groups is 1. The summed E-state index contributed by atoms with van der Waals surface area (Å²) in [6, 6.07) is 5.39. The Balaban J connectivity index is 1.72. The Morgan fingerprint density at radius 1 is 1.33 bits per heavy atom. The fraction of sp³-hybridized carbons (Fsp3) is 0.526. The minimum atomic E-state index is -2.29. The van der Waals surface area contributed by atoms with E-state index in [1.807, 2.05) is 0 Å². The molecular weight excluding hydrogens is 416 g/mol. The zero-order chi connectivity index (χ0) is 22.3. The quantitative estimate of drug-likeness (QED) is 0.305. The number of ether oxygens (including phenoxy) is 2. The summed E-state index contributed by atoms with van der Waals surface area (Å²) in [4.78, 5) is 48.3. The second-order valence-electron chi connectivity index (χ2n) is 8.06. The molecule has 2 saturated heterocycles. The van der Waals surface area contributed by atoms with Crippen molar-refractivity contribution in [2.24, 2.45) is 0 Å². The van der Waals surface area contributed by atoms with Gasteiger partial charge in [0.15, 0.2) is 0 Å². The number of nitro groups is 1. The summed E-state index contributed by atoms with van der Waals surface area (Å²) in [6.07, 6.45) is -0.112. The molecular formula is C19H22N2O8S. The summed E-state index contributed by atoms with van der Waals surface area (Å²) < 4.78 is 10.5. The zero-order valence-corrected chi connectivity index (χ0v) is 17.5. The average Bonchev–Trinajstić information content (AvgIpc) is 2.85. The number of carbonyl (C=O) groups is 3. The van der Waals surface area contributed by atoms with Crippen LogP contribution in [-0.4, -0.2) is 54.7 Å². The Labute approximate surface area is 176 Å². The Bertz CT molecular complexity index is 882. The van der Waals surface area contributed by atoms with Crippen molar-refractivity contribution in [1.29, 1.82) is 0 Å². The number of carbonyl (C=O) groups excluding carboxylic acids is 3. The molecule has 0 aromatic heterocycles. The van der Waals surface area contributed by atoms with Gasteiger partial charge in [0, 0.05) is 12.1 Å². The largest absolute Gasteiger partial charge is 0.460 e. The maximum atomic E-state index is 12.8. The van der Waals surface area contributed by atoms with Crippen LogP contribution in [0, 0.1) is 10.1 Å². The average molecular weight is 438 g/mol. The van der Waals surface area contributed by atoms with Crippen LogP contribution in [0.3, 0.4) is 0 Å². The first kappa shape index (κ1) is 22.0. The lowest BCUT2D eigenvalue weighted by atomic mass is 10.00. The van der Waals surface area contributed by atoms with Gasteiger partial charge in [0.25, 0.3) is 11.4 Å². The number of benzene rings is 1. The predicted octanol–water partition coefficient (Wildman–Crippen LogP) is 1.73. The van der Waals surface area contributed by atoms with Crippen molar-refractivity contribution >= 4 is 35.3 Å². The summed E-state index contributed by atoms with van der Waals surface area (Å²) in [6.45, 7) is 4.85. The van der Waals surface area contributed by atoms with Crippen LogP contribution in [0.15, 0.2) is 24.3 Å². The van der Waals surface area contributed by atoms with E-state index in [0.717, 1.165) is 16.7 Å². The molecule has 1 amide bonds. The minimum absolute atomic E-state index is 0.109. The number of amides is 1. The molecule has 0 saturated carbocycles. The van der Waals surface area contributed by atoms with Crippen molar-refractivity contribution in [1.82, 2.24) is 4.90 Å². The van der Waals surface area contributed by atoms with E-state index in [1.54, 1.807) is 20.8 Å². The number of fused-ring (bicyclic) bond motifs is 1. The van der Waals surface area contributed by atoms with Gasteiger partial charge in [-0.05, 0) is 38.5 Å². The molecule has 1 aromatic carbocycles. The van der Waals surface area contributed by atoms with E-state index < -0.39 is 44.7 Å². The Morgan fingerprint density at radius 2 is 1.97 bits per heavy atom. The molecule has 162 valence electrons. The van der Waals surface area contributed by atoms with Crippen molar-refractivity contribution in [3.63, 3.8) is 0 Å². The van der Waals surface area contributed by atoms with Gasteiger partial charge in [-0.1, -0.05) is 0 Å². The minimum Gasteiger partial charge on any atom is -0.460 e. The fourth-order valence-electron chi connectivity index (χ4n) is 3.27. The van der Waals surface area contributed by atoms with Crippen molar-refractivity contribution in [2.75, 3.05) is 0 Å². The lowest BCUT2D eigenvalue weighted by molar-refractivity contribution is -0.384. The van der Waals surface area contributed by atoms with E-state index in [-0.39, 0.29) is 25.1 Å². The lowest BCUT2D eigenvalue weighted by Gasteiger charge is -2.41. The van der Waals surface area contributed by atoms with E-state index in [4.69, 9.17) is 9.47 Å². The van der Waals surface area contributed by atoms with Crippen molar-refractivity contribution in [3.05, 3.63) is 39.9 Å². The first-order valence-electron chi connectivity index (χ1n) is 9.24. The topological polar surface area (TPSA) is 136 Å². The number of non-ortho nitro benzene ring substituents is 1. The summed E-state index contributed by atoms with van der Waals surface area (Å²) in [5.41, 5.74) is -2.66. The van der Waals surface area contributed by atoms with Crippen LogP contribution in [-0.2, 0) is 30.5 Å². The van der Waals surface area contributed by atoms with Gasteiger partial charge in [-0.2, -0.15) is 0 Å². The SMILES string of the molecule is CC(C)(C)OC(=O)CC1SC2CC(=O)N2C1(O)C(=O)OCc1ccc([N+](=O)[O-])cc1. The molecule has 3 unspecified atom stereocenters. The number of hydrogen-bond donors (Lipinski definition) is 1. The van der Waals surface area contributed by atoms with Crippen LogP contribution >= 0.6 is 11.8 Å². The normalized spacial score (nSPS) is 25.3. The van der Waals surface area contributed by atoms with Gasteiger partial charge in [0.1, 0.15) is 12.2 Å².